The van der Waals surface area contributed by atoms with Gasteiger partial charge in [0.25, 0.3) is 0 Å². The van der Waals surface area contributed by atoms with Crippen LogP contribution in [-0.4, -0.2) is 34.5 Å². The molecule has 1 atom stereocenters. The van der Waals surface area contributed by atoms with Gasteiger partial charge in [-0.05, 0) is 54.8 Å². The van der Waals surface area contributed by atoms with E-state index in [0.29, 0.717) is 6.61 Å². The predicted molar refractivity (Wildman–Crippen MR) is 97.3 cm³/mol. The van der Waals surface area contributed by atoms with E-state index in [1.165, 1.54) is 11.1 Å². The van der Waals surface area contributed by atoms with Gasteiger partial charge in [-0.3, -0.25) is 0 Å². The van der Waals surface area contributed by atoms with Crippen LogP contribution < -0.4 is 24.3 Å². The van der Waals surface area contributed by atoms with Crippen LogP contribution in [0, 0.1) is 0 Å². The Morgan fingerprint density at radius 2 is 1.72 bits per heavy atom. The van der Waals surface area contributed by atoms with Crippen molar-refractivity contribution in [3.8, 4) is 23.0 Å². The summed E-state index contributed by atoms with van der Waals surface area (Å²) < 4.78 is 22.3. The Morgan fingerprint density at radius 3 is 2.40 bits per heavy atom. The highest BCUT2D eigenvalue weighted by Crippen LogP contribution is 2.40. The number of methoxy groups -OCH3 is 3. The third kappa shape index (κ3) is 3.37. The summed E-state index contributed by atoms with van der Waals surface area (Å²) in [7, 11) is 5.04. The molecule has 0 fully saturated rings. The molecule has 5 nitrogen and oxygen atoms in total. The Kier molecular flexibility index (Phi) is 5.34. The molecule has 3 rings (SSSR count). The van der Waals surface area contributed by atoms with Gasteiger partial charge in [0.05, 0.1) is 34.0 Å². The highest BCUT2D eigenvalue weighted by Gasteiger charge is 2.26. The molecule has 1 unspecified atom stereocenters. The van der Waals surface area contributed by atoms with Gasteiger partial charge in [0.1, 0.15) is 11.5 Å². The van der Waals surface area contributed by atoms with E-state index in [-0.39, 0.29) is 6.04 Å². The fourth-order valence-corrected chi connectivity index (χ4v) is 3.33. The standard InChI is InChI=1S/C20H25NO4/c1-5-25-19-12-15-13(10-18(19)24-4)8-9-21-20(15)16-11-14(22-2)6-7-17(16)23-3/h6-7,10-12,20-21H,5,8-9H2,1-4H3. The van der Waals surface area contributed by atoms with E-state index in [4.69, 9.17) is 18.9 Å². The number of fused-ring (bicyclic) bond motifs is 1. The minimum absolute atomic E-state index is 0.0129. The molecule has 1 N–H and O–H groups in total. The second-order valence-corrected chi connectivity index (χ2v) is 5.88. The van der Waals surface area contributed by atoms with Crippen molar-refractivity contribution < 1.29 is 18.9 Å². The minimum Gasteiger partial charge on any atom is -0.497 e. The van der Waals surface area contributed by atoms with Gasteiger partial charge in [-0.1, -0.05) is 0 Å². The summed E-state index contributed by atoms with van der Waals surface area (Å²) >= 11 is 0. The maximum Gasteiger partial charge on any atom is 0.161 e. The van der Waals surface area contributed by atoms with Crippen LogP contribution in [0.2, 0.25) is 0 Å². The molecule has 5 heteroatoms. The fraction of sp³-hybridized carbons (Fsp3) is 0.400. The lowest BCUT2D eigenvalue weighted by Gasteiger charge is -2.29. The Morgan fingerprint density at radius 1 is 0.920 bits per heavy atom. The molecular weight excluding hydrogens is 318 g/mol. The lowest BCUT2D eigenvalue weighted by molar-refractivity contribution is 0.309. The fourth-order valence-electron chi connectivity index (χ4n) is 3.33. The first-order chi connectivity index (χ1) is 12.2. The summed E-state index contributed by atoms with van der Waals surface area (Å²) in [6.07, 6.45) is 0.945. The van der Waals surface area contributed by atoms with E-state index in [0.717, 1.165) is 41.5 Å². The second kappa shape index (κ2) is 7.66. The van der Waals surface area contributed by atoms with Gasteiger partial charge in [-0.2, -0.15) is 0 Å². The Balaban J connectivity index is 2.11. The maximum atomic E-state index is 5.77. The summed E-state index contributed by atoms with van der Waals surface area (Å²) in [4.78, 5) is 0. The highest BCUT2D eigenvalue weighted by molar-refractivity contribution is 5.54. The monoisotopic (exact) mass is 343 g/mol. The molecule has 1 aliphatic heterocycles. The molecule has 1 aliphatic rings. The van der Waals surface area contributed by atoms with Crippen LogP contribution in [0.3, 0.4) is 0 Å². The van der Waals surface area contributed by atoms with Crippen molar-refractivity contribution in [2.24, 2.45) is 0 Å². The Hall–Kier alpha value is -2.40. The molecule has 0 aliphatic carbocycles. The lowest BCUT2D eigenvalue weighted by atomic mass is 9.88. The number of ether oxygens (including phenoxy) is 4. The van der Waals surface area contributed by atoms with Crippen molar-refractivity contribution in [3.63, 3.8) is 0 Å². The number of nitrogens with one attached hydrogen (secondary N) is 1. The van der Waals surface area contributed by atoms with E-state index in [9.17, 15) is 0 Å². The van der Waals surface area contributed by atoms with Crippen molar-refractivity contribution in [2.75, 3.05) is 34.5 Å². The summed E-state index contributed by atoms with van der Waals surface area (Å²) in [5, 5.41) is 3.59. The van der Waals surface area contributed by atoms with Crippen LogP contribution in [0.25, 0.3) is 0 Å². The van der Waals surface area contributed by atoms with Crippen molar-refractivity contribution >= 4 is 0 Å². The molecule has 134 valence electrons. The van der Waals surface area contributed by atoms with E-state index in [1.807, 2.05) is 25.1 Å². The molecule has 0 spiro atoms. The molecule has 0 saturated heterocycles. The average molecular weight is 343 g/mol. The molecule has 0 bridgehead atoms. The number of hydrogen-bond acceptors (Lipinski definition) is 5. The zero-order chi connectivity index (χ0) is 17.8. The van der Waals surface area contributed by atoms with Gasteiger partial charge >= 0.3 is 0 Å². The largest absolute Gasteiger partial charge is 0.497 e. The molecule has 2 aromatic rings. The summed E-state index contributed by atoms with van der Waals surface area (Å²) in [5.74, 6) is 3.18. The molecule has 25 heavy (non-hydrogen) atoms. The van der Waals surface area contributed by atoms with Crippen LogP contribution in [-0.2, 0) is 6.42 Å². The van der Waals surface area contributed by atoms with Crippen LogP contribution in [0.5, 0.6) is 23.0 Å². The smallest absolute Gasteiger partial charge is 0.161 e. The van der Waals surface area contributed by atoms with Crippen LogP contribution in [0.1, 0.15) is 29.7 Å². The normalized spacial score (nSPS) is 16.1. The number of benzene rings is 2. The molecular formula is C20H25NO4. The van der Waals surface area contributed by atoms with E-state index in [2.05, 4.69) is 17.4 Å². The van der Waals surface area contributed by atoms with Crippen molar-refractivity contribution in [3.05, 3.63) is 47.0 Å². The second-order valence-electron chi connectivity index (χ2n) is 5.88. The van der Waals surface area contributed by atoms with Gasteiger partial charge in [0.2, 0.25) is 0 Å². The quantitative estimate of drug-likeness (QED) is 0.872. The van der Waals surface area contributed by atoms with Crippen LogP contribution >= 0.6 is 0 Å². The van der Waals surface area contributed by atoms with E-state index in [1.54, 1.807) is 21.3 Å². The molecule has 0 saturated carbocycles. The SMILES string of the molecule is CCOc1cc2c(cc1OC)CCNC2c1cc(OC)ccc1OC. The Bertz CT molecular complexity index is 745. The number of rotatable bonds is 6. The summed E-state index contributed by atoms with van der Waals surface area (Å²) in [5.41, 5.74) is 3.49. The zero-order valence-electron chi connectivity index (χ0n) is 15.2. The first-order valence-electron chi connectivity index (χ1n) is 8.50. The molecule has 0 amide bonds. The van der Waals surface area contributed by atoms with Crippen LogP contribution in [0.4, 0.5) is 0 Å². The summed E-state index contributed by atoms with van der Waals surface area (Å²) in [6.45, 7) is 3.45. The van der Waals surface area contributed by atoms with E-state index >= 15 is 0 Å². The maximum absolute atomic E-state index is 5.77. The lowest BCUT2D eigenvalue weighted by Crippen LogP contribution is -2.31. The molecule has 1 heterocycles. The van der Waals surface area contributed by atoms with Crippen molar-refractivity contribution in [1.82, 2.24) is 5.32 Å². The first kappa shape index (κ1) is 17.4. The highest BCUT2D eigenvalue weighted by atomic mass is 16.5. The van der Waals surface area contributed by atoms with Gasteiger partial charge in [0.15, 0.2) is 11.5 Å². The van der Waals surface area contributed by atoms with Gasteiger partial charge in [-0.15, -0.1) is 0 Å². The first-order valence-corrected chi connectivity index (χ1v) is 8.50. The number of hydrogen-bond donors (Lipinski definition) is 1. The minimum atomic E-state index is 0.0129. The zero-order valence-corrected chi connectivity index (χ0v) is 15.2. The van der Waals surface area contributed by atoms with Gasteiger partial charge in [0, 0.05) is 12.1 Å². The topological polar surface area (TPSA) is 49.0 Å². The van der Waals surface area contributed by atoms with Crippen molar-refractivity contribution in [2.45, 2.75) is 19.4 Å². The van der Waals surface area contributed by atoms with Crippen LogP contribution in [0.15, 0.2) is 30.3 Å². The molecule has 0 aromatic heterocycles. The third-order valence-electron chi connectivity index (χ3n) is 4.53. The van der Waals surface area contributed by atoms with Crippen molar-refractivity contribution in [1.29, 1.82) is 0 Å². The molecule has 0 radical (unpaired) electrons. The van der Waals surface area contributed by atoms with Gasteiger partial charge in [-0.25, -0.2) is 0 Å². The average Bonchev–Trinajstić information content (AvgIpc) is 2.66. The van der Waals surface area contributed by atoms with Gasteiger partial charge < -0.3 is 24.3 Å². The summed E-state index contributed by atoms with van der Waals surface area (Å²) in [6, 6.07) is 10.0. The molecule has 2 aromatic carbocycles. The third-order valence-corrected chi connectivity index (χ3v) is 4.53. The predicted octanol–water partition coefficient (Wildman–Crippen LogP) is 3.35. The Labute approximate surface area is 148 Å². The van der Waals surface area contributed by atoms with E-state index < -0.39 is 0 Å².